The molecule has 150 valence electrons. The number of rotatable bonds is 7. The molecule has 1 amide bonds. The molecule has 0 fully saturated rings. The molecule has 0 saturated carbocycles. The Morgan fingerprint density at radius 1 is 1.07 bits per heavy atom. The van der Waals surface area contributed by atoms with Gasteiger partial charge in [0, 0.05) is 30.2 Å². The van der Waals surface area contributed by atoms with E-state index in [2.05, 4.69) is 51.5 Å². The number of aryl methyl sites for hydroxylation is 1. The van der Waals surface area contributed by atoms with Gasteiger partial charge in [-0.15, -0.1) is 0 Å². The average molecular weight is 393 g/mol. The first-order chi connectivity index (χ1) is 14.0. The minimum absolute atomic E-state index is 0.147. The third-order valence-corrected chi connectivity index (χ3v) is 4.57. The molecule has 0 aliphatic carbocycles. The summed E-state index contributed by atoms with van der Waals surface area (Å²) < 4.78 is 13.2. The quantitative estimate of drug-likeness (QED) is 0.605. The summed E-state index contributed by atoms with van der Waals surface area (Å²) in [6.07, 6.45) is 2.88. The number of anilines is 4. The predicted octanol–water partition coefficient (Wildman–Crippen LogP) is 4.77. The minimum Gasteiger partial charge on any atom is -0.372 e. The lowest BCUT2D eigenvalue weighted by molar-refractivity contribution is 0.102. The molecule has 0 unspecified atom stereocenters. The van der Waals surface area contributed by atoms with Crippen LogP contribution in [0.1, 0.15) is 29.9 Å². The Morgan fingerprint density at radius 2 is 1.86 bits per heavy atom. The fraction of sp³-hybridized carbons (Fsp3) is 0.227. The van der Waals surface area contributed by atoms with Crippen LogP contribution in [0.4, 0.5) is 27.3 Å². The Labute approximate surface area is 169 Å². The third-order valence-electron chi connectivity index (χ3n) is 4.57. The molecule has 0 bridgehead atoms. The maximum atomic E-state index is 13.2. The normalized spacial score (nSPS) is 10.5. The van der Waals surface area contributed by atoms with Crippen molar-refractivity contribution in [2.45, 2.75) is 20.8 Å². The van der Waals surface area contributed by atoms with E-state index < -0.39 is 11.7 Å². The Kier molecular flexibility index (Phi) is 6.39. The third kappa shape index (κ3) is 5.07. The Balaban J connectivity index is 1.68. The van der Waals surface area contributed by atoms with Crippen molar-refractivity contribution in [1.82, 2.24) is 9.97 Å². The highest BCUT2D eigenvalue weighted by Gasteiger charge is 2.10. The lowest BCUT2D eigenvalue weighted by atomic mass is 10.1. The van der Waals surface area contributed by atoms with Gasteiger partial charge in [0.05, 0.1) is 12.4 Å². The molecule has 29 heavy (non-hydrogen) atoms. The van der Waals surface area contributed by atoms with Crippen molar-refractivity contribution in [1.29, 1.82) is 0 Å². The van der Waals surface area contributed by atoms with Crippen molar-refractivity contribution in [3.8, 4) is 0 Å². The molecule has 6 nitrogen and oxygen atoms in total. The Hall–Kier alpha value is -3.48. The maximum Gasteiger partial charge on any atom is 0.275 e. The Bertz CT molecular complexity index is 987. The van der Waals surface area contributed by atoms with Gasteiger partial charge in [-0.3, -0.25) is 4.79 Å². The van der Waals surface area contributed by atoms with Crippen LogP contribution in [-0.2, 0) is 0 Å². The van der Waals surface area contributed by atoms with Crippen molar-refractivity contribution >= 4 is 28.8 Å². The lowest BCUT2D eigenvalue weighted by Crippen LogP contribution is -2.21. The first kappa shape index (κ1) is 20.3. The van der Waals surface area contributed by atoms with Crippen molar-refractivity contribution in [2.75, 3.05) is 28.6 Å². The number of halogens is 1. The Morgan fingerprint density at radius 3 is 2.48 bits per heavy atom. The number of aromatic nitrogens is 2. The predicted molar refractivity (Wildman–Crippen MR) is 114 cm³/mol. The molecule has 0 spiro atoms. The monoisotopic (exact) mass is 393 g/mol. The molecule has 3 aromatic rings. The summed E-state index contributed by atoms with van der Waals surface area (Å²) in [4.78, 5) is 22.9. The molecular formula is C22H24FN5O. The van der Waals surface area contributed by atoms with Gasteiger partial charge in [0.15, 0.2) is 0 Å². The number of amides is 1. The smallest absolute Gasteiger partial charge is 0.275 e. The largest absolute Gasteiger partial charge is 0.372 e. The van der Waals surface area contributed by atoms with E-state index in [0.29, 0.717) is 11.5 Å². The molecule has 7 heteroatoms. The number of hydrogen-bond donors (Lipinski definition) is 2. The fourth-order valence-electron chi connectivity index (χ4n) is 2.98. The standard InChI is InChI=1S/C22H24FN5O/c1-4-28(5-2)18-9-10-19(15(3)11-18)27-21-14-24-20(13-25-21)22(29)26-17-8-6-7-16(23)12-17/h6-14H,4-5H2,1-3H3,(H,25,27)(H,26,29). The van der Waals surface area contributed by atoms with Gasteiger partial charge in [-0.05, 0) is 62.7 Å². The van der Waals surface area contributed by atoms with Gasteiger partial charge >= 0.3 is 0 Å². The van der Waals surface area contributed by atoms with Crippen LogP contribution < -0.4 is 15.5 Å². The molecule has 0 aliphatic heterocycles. The summed E-state index contributed by atoms with van der Waals surface area (Å²) in [5.41, 5.74) is 3.70. The van der Waals surface area contributed by atoms with E-state index >= 15 is 0 Å². The fourth-order valence-corrected chi connectivity index (χ4v) is 2.98. The van der Waals surface area contributed by atoms with Gasteiger partial charge in [-0.1, -0.05) is 6.07 Å². The lowest BCUT2D eigenvalue weighted by Gasteiger charge is -2.22. The van der Waals surface area contributed by atoms with Crippen LogP contribution >= 0.6 is 0 Å². The van der Waals surface area contributed by atoms with E-state index in [-0.39, 0.29) is 5.69 Å². The summed E-state index contributed by atoms with van der Waals surface area (Å²) in [6, 6.07) is 11.9. The second kappa shape index (κ2) is 9.14. The molecular weight excluding hydrogens is 369 g/mol. The van der Waals surface area contributed by atoms with Crippen molar-refractivity contribution in [3.63, 3.8) is 0 Å². The molecule has 0 saturated heterocycles. The van der Waals surface area contributed by atoms with E-state index in [9.17, 15) is 9.18 Å². The molecule has 0 aliphatic rings. The van der Waals surface area contributed by atoms with Crippen LogP contribution in [0.15, 0.2) is 54.9 Å². The van der Waals surface area contributed by atoms with Crippen molar-refractivity contribution in [2.24, 2.45) is 0 Å². The van der Waals surface area contributed by atoms with Gasteiger partial charge in [0.2, 0.25) is 0 Å². The highest BCUT2D eigenvalue weighted by Crippen LogP contribution is 2.24. The van der Waals surface area contributed by atoms with Crippen LogP contribution in [0.25, 0.3) is 0 Å². The van der Waals surface area contributed by atoms with Gasteiger partial charge < -0.3 is 15.5 Å². The average Bonchev–Trinajstić information content (AvgIpc) is 2.71. The molecule has 0 atom stereocenters. The summed E-state index contributed by atoms with van der Waals surface area (Å²) in [6.45, 7) is 8.20. The summed E-state index contributed by atoms with van der Waals surface area (Å²) in [7, 11) is 0. The van der Waals surface area contributed by atoms with E-state index in [1.165, 1.54) is 36.3 Å². The summed E-state index contributed by atoms with van der Waals surface area (Å²) in [5, 5.41) is 5.82. The van der Waals surface area contributed by atoms with Crippen molar-refractivity contribution in [3.05, 3.63) is 71.9 Å². The highest BCUT2D eigenvalue weighted by molar-refractivity contribution is 6.02. The summed E-state index contributed by atoms with van der Waals surface area (Å²) >= 11 is 0. The SMILES string of the molecule is CCN(CC)c1ccc(Nc2cnc(C(=O)Nc3cccc(F)c3)cn2)c(C)c1. The van der Waals surface area contributed by atoms with Crippen molar-refractivity contribution < 1.29 is 9.18 Å². The second-order valence-corrected chi connectivity index (χ2v) is 6.55. The zero-order chi connectivity index (χ0) is 20.8. The number of benzene rings is 2. The van der Waals surface area contributed by atoms with E-state index in [1.54, 1.807) is 6.07 Å². The van der Waals surface area contributed by atoms with Crippen LogP contribution in [0.2, 0.25) is 0 Å². The van der Waals surface area contributed by atoms with Crippen LogP contribution in [0.3, 0.4) is 0 Å². The highest BCUT2D eigenvalue weighted by atomic mass is 19.1. The van der Waals surface area contributed by atoms with Gasteiger partial charge in [0.25, 0.3) is 5.91 Å². The number of carbonyl (C=O) groups excluding carboxylic acids is 1. The number of nitrogens with one attached hydrogen (secondary N) is 2. The second-order valence-electron chi connectivity index (χ2n) is 6.55. The molecule has 2 N–H and O–H groups in total. The number of hydrogen-bond acceptors (Lipinski definition) is 5. The van der Waals surface area contributed by atoms with Gasteiger partial charge in [-0.25, -0.2) is 14.4 Å². The zero-order valence-corrected chi connectivity index (χ0v) is 16.7. The molecule has 1 heterocycles. The van der Waals surface area contributed by atoms with E-state index in [0.717, 1.165) is 24.3 Å². The molecule has 1 aromatic heterocycles. The van der Waals surface area contributed by atoms with Crippen LogP contribution in [0.5, 0.6) is 0 Å². The van der Waals surface area contributed by atoms with Crippen LogP contribution in [0, 0.1) is 12.7 Å². The zero-order valence-electron chi connectivity index (χ0n) is 16.7. The topological polar surface area (TPSA) is 70.2 Å². The summed E-state index contributed by atoms with van der Waals surface area (Å²) in [5.74, 6) is -0.337. The molecule has 2 aromatic carbocycles. The molecule has 3 rings (SSSR count). The first-order valence-electron chi connectivity index (χ1n) is 9.51. The maximum absolute atomic E-state index is 13.2. The van der Waals surface area contributed by atoms with E-state index in [1.807, 2.05) is 13.0 Å². The number of nitrogens with zero attached hydrogens (tertiary/aromatic N) is 3. The minimum atomic E-state index is -0.450. The van der Waals surface area contributed by atoms with E-state index in [4.69, 9.17) is 0 Å². The van der Waals surface area contributed by atoms with Gasteiger partial charge in [-0.2, -0.15) is 0 Å². The van der Waals surface area contributed by atoms with Gasteiger partial charge in [0.1, 0.15) is 17.3 Å². The molecule has 0 radical (unpaired) electrons. The number of carbonyl (C=O) groups is 1. The first-order valence-corrected chi connectivity index (χ1v) is 9.51. The van der Waals surface area contributed by atoms with Crippen LogP contribution in [-0.4, -0.2) is 29.0 Å².